The lowest BCUT2D eigenvalue weighted by molar-refractivity contribution is 0.0939. The van der Waals surface area contributed by atoms with Gasteiger partial charge in [-0.2, -0.15) is 4.31 Å². The van der Waals surface area contributed by atoms with E-state index in [0.717, 1.165) is 31.4 Å². The summed E-state index contributed by atoms with van der Waals surface area (Å²) in [5, 5.41) is 2.62. The van der Waals surface area contributed by atoms with Gasteiger partial charge in [-0.25, -0.2) is 17.2 Å². The smallest absolute Gasteiger partial charge is 0.251 e. The average Bonchev–Trinajstić information content (AvgIpc) is 2.68. The summed E-state index contributed by atoms with van der Waals surface area (Å²) in [6, 6.07) is 8.23. The van der Waals surface area contributed by atoms with Gasteiger partial charge < -0.3 is 5.32 Å². The van der Waals surface area contributed by atoms with E-state index in [9.17, 15) is 22.0 Å². The molecule has 1 aliphatic rings. The standard InChI is InChI=1S/C20H22F2N2O3S/c1-14(18-9-8-16(21)13-19(18)22)23-20(25)15-6-5-7-17(12-15)28(26,27)24-10-3-2-4-11-24/h5-9,12-14H,2-4,10-11H2,1H3,(H,23,25)/t14-/m0/s1. The van der Waals surface area contributed by atoms with E-state index < -0.39 is 33.6 Å². The Morgan fingerprint density at radius 1 is 1.07 bits per heavy atom. The van der Waals surface area contributed by atoms with E-state index in [-0.39, 0.29) is 16.0 Å². The van der Waals surface area contributed by atoms with Crippen molar-refractivity contribution in [3.63, 3.8) is 0 Å². The van der Waals surface area contributed by atoms with Gasteiger partial charge in [0.1, 0.15) is 11.6 Å². The number of nitrogens with one attached hydrogen (secondary N) is 1. The molecule has 0 spiro atoms. The van der Waals surface area contributed by atoms with E-state index in [1.807, 2.05) is 0 Å². The van der Waals surface area contributed by atoms with Crippen LogP contribution in [0.15, 0.2) is 47.4 Å². The van der Waals surface area contributed by atoms with Crippen LogP contribution in [-0.4, -0.2) is 31.7 Å². The van der Waals surface area contributed by atoms with Gasteiger partial charge in [0.2, 0.25) is 10.0 Å². The lowest BCUT2D eigenvalue weighted by atomic mass is 10.1. The number of rotatable bonds is 5. The molecule has 1 amide bonds. The van der Waals surface area contributed by atoms with Gasteiger partial charge in [-0.1, -0.05) is 18.6 Å². The van der Waals surface area contributed by atoms with Crippen LogP contribution in [-0.2, 0) is 10.0 Å². The Labute approximate surface area is 163 Å². The highest BCUT2D eigenvalue weighted by Crippen LogP contribution is 2.22. The van der Waals surface area contributed by atoms with E-state index in [1.54, 1.807) is 6.92 Å². The number of benzene rings is 2. The van der Waals surface area contributed by atoms with Gasteiger partial charge in [0.15, 0.2) is 0 Å². The van der Waals surface area contributed by atoms with Crippen LogP contribution >= 0.6 is 0 Å². The van der Waals surface area contributed by atoms with Crippen molar-refractivity contribution < 1.29 is 22.0 Å². The molecule has 0 bridgehead atoms. The molecule has 0 radical (unpaired) electrons. The number of carbonyl (C=O) groups is 1. The van der Waals surface area contributed by atoms with E-state index in [0.29, 0.717) is 13.1 Å². The van der Waals surface area contributed by atoms with Crippen molar-refractivity contribution in [1.29, 1.82) is 0 Å². The maximum Gasteiger partial charge on any atom is 0.251 e. The van der Waals surface area contributed by atoms with Gasteiger partial charge in [-0.05, 0) is 44.0 Å². The molecule has 2 aromatic rings. The predicted molar refractivity (Wildman–Crippen MR) is 101 cm³/mol. The van der Waals surface area contributed by atoms with Gasteiger partial charge >= 0.3 is 0 Å². The van der Waals surface area contributed by atoms with Crippen molar-refractivity contribution in [2.45, 2.75) is 37.1 Å². The van der Waals surface area contributed by atoms with Crippen LogP contribution in [0.2, 0.25) is 0 Å². The van der Waals surface area contributed by atoms with E-state index >= 15 is 0 Å². The van der Waals surface area contributed by atoms with Gasteiger partial charge in [-0.15, -0.1) is 0 Å². The lowest BCUT2D eigenvalue weighted by Crippen LogP contribution is -2.35. The van der Waals surface area contributed by atoms with Crippen molar-refractivity contribution >= 4 is 15.9 Å². The predicted octanol–water partition coefficient (Wildman–Crippen LogP) is 3.63. The Hall–Kier alpha value is -2.32. The molecule has 1 N–H and O–H groups in total. The monoisotopic (exact) mass is 408 g/mol. The number of piperidine rings is 1. The van der Waals surface area contributed by atoms with Gasteiger partial charge in [0.05, 0.1) is 10.9 Å². The maximum absolute atomic E-state index is 13.9. The molecule has 1 saturated heterocycles. The number of halogens is 2. The molecular formula is C20H22F2N2O3S. The molecule has 3 rings (SSSR count). The van der Waals surface area contributed by atoms with Crippen LogP contribution in [0, 0.1) is 11.6 Å². The second-order valence-corrected chi connectivity index (χ2v) is 8.79. The van der Waals surface area contributed by atoms with Crippen molar-refractivity contribution in [1.82, 2.24) is 9.62 Å². The molecule has 28 heavy (non-hydrogen) atoms. The first-order valence-electron chi connectivity index (χ1n) is 9.15. The zero-order valence-electron chi connectivity index (χ0n) is 15.5. The minimum Gasteiger partial charge on any atom is -0.345 e. The highest BCUT2D eigenvalue weighted by atomic mass is 32.2. The molecule has 0 aliphatic carbocycles. The van der Waals surface area contributed by atoms with Crippen molar-refractivity contribution in [3.8, 4) is 0 Å². The summed E-state index contributed by atoms with van der Waals surface area (Å²) in [5.74, 6) is -1.99. The second-order valence-electron chi connectivity index (χ2n) is 6.85. The Balaban J connectivity index is 1.78. The molecule has 0 unspecified atom stereocenters. The van der Waals surface area contributed by atoms with Gasteiger partial charge in [0.25, 0.3) is 5.91 Å². The van der Waals surface area contributed by atoms with Crippen LogP contribution in [0.25, 0.3) is 0 Å². The largest absolute Gasteiger partial charge is 0.345 e. The summed E-state index contributed by atoms with van der Waals surface area (Å²) < 4.78 is 54.0. The van der Waals surface area contributed by atoms with Crippen molar-refractivity contribution in [2.24, 2.45) is 0 Å². The van der Waals surface area contributed by atoms with E-state index in [2.05, 4.69) is 5.32 Å². The summed E-state index contributed by atoms with van der Waals surface area (Å²) in [4.78, 5) is 12.6. The van der Waals surface area contributed by atoms with E-state index in [4.69, 9.17) is 0 Å². The SMILES string of the molecule is C[C@H](NC(=O)c1cccc(S(=O)(=O)N2CCCCC2)c1)c1ccc(F)cc1F. The molecule has 1 atom stereocenters. The molecule has 1 fully saturated rings. The lowest BCUT2D eigenvalue weighted by Gasteiger charge is -2.26. The number of amides is 1. The fraction of sp³-hybridized carbons (Fsp3) is 0.350. The normalized spacial score (nSPS) is 16.5. The summed E-state index contributed by atoms with van der Waals surface area (Å²) in [6.45, 7) is 2.52. The number of nitrogens with zero attached hydrogens (tertiary/aromatic N) is 1. The van der Waals surface area contributed by atoms with Crippen LogP contribution in [0.4, 0.5) is 8.78 Å². The molecule has 0 saturated carbocycles. The molecular weight excluding hydrogens is 386 g/mol. The number of hydrogen-bond donors (Lipinski definition) is 1. The van der Waals surface area contributed by atoms with Gasteiger partial charge in [-0.3, -0.25) is 4.79 Å². The number of carbonyl (C=O) groups excluding carboxylic acids is 1. The quantitative estimate of drug-likeness (QED) is 0.822. The third-order valence-electron chi connectivity index (χ3n) is 4.83. The summed E-state index contributed by atoms with van der Waals surface area (Å²) in [6.07, 6.45) is 2.65. The Kier molecular flexibility index (Phi) is 6.10. The maximum atomic E-state index is 13.9. The zero-order chi connectivity index (χ0) is 20.3. The fourth-order valence-corrected chi connectivity index (χ4v) is 4.83. The number of hydrogen-bond acceptors (Lipinski definition) is 3. The second kappa shape index (κ2) is 8.36. The molecule has 2 aromatic carbocycles. The topological polar surface area (TPSA) is 66.5 Å². The first-order valence-corrected chi connectivity index (χ1v) is 10.6. The van der Waals surface area contributed by atoms with Crippen LogP contribution in [0.5, 0.6) is 0 Å². The fourth-order valence-electron chi connectivity index (χ4n) is 3.26. The zero-order valence-corrected chi connectivity index (χ0v) is 16.3. The van der Waals surface area contributed by atoms with Crippen molar-refractivity contribution in [2.75, 3.05) is 13.1 Å². The molecule has 8 heteroatoms. The summed E-state index contributed by atoms with van der Waals surface area (Å²) >= 11 is 0. The third-order valence-corrected chi connectivity index (χ3v) is 6.72. The molecule has 1 aliphatic heterocycles. The van der Waals surface area contributed by atoms with Crippen LogP contribution < -0.4 is 5.32 Å². The minimum absolute atomic E-state index is 0.0580. The molecule has 0 aromatic heterocycles. The van der Waals surface area contributed by atoms with Crippen molar-refractivity contribution in [3.05, 3.63) is 65.2 Å². The Morgan fingerprint density at radius 2 is 1.79 bits per heavy atom. The summed E-state index contributed by atoms with van der Waals surface area (Å²) in [7, 11) is -3.66. The molecule has 1 heterocycles. The molecule has 150 valence electrons. The van der Waals surface area contributed by atoms with Crippen LogP contribution in [0.3, 0.4) is 0 Å². The van der Waals surface area contributed by atoms with Gasteiger partial charge in [0, 0.05) is 30.3 Å². The Morgan fingerprint density at radius 3 is 2.46 bits per heavy atom. The first-order chi connectivity index (χ1) is 13.3. The first kappa shape index (κ1) is 20.4. The minimum atomic E-state index is -3.66. The highest BCUT2D eigenvalue weighted by molar-refractivity contribution is 7.89. The molecule has 5 nitrogen and oxygen atoms in total. The summed E-state index contributed by atoms with van der Waals surface area (Å²) in [5.41, 5.74) is 0.305. The van der Waals surface area contributed by atoms with E-state index in [1.165, 1.54) is 34.6 Å². The number of sulfonamides is 1. The average molecular weight is 408 g/mol. The Bertz CT molecular complexity index is 973. The third kappa shape index (κ3) is 4.39. The van der Waals surface area contributed by atoms with Crippen LogP contribution in [0.1, 0.15) is 48.1 Å². The highest BCUT2D eigenvalue weighted by Gasteiger charge is 2.26.